The molecule has 0 radical (unpaired) electrons. The van der Waals surface area contributed by atoms with Crippen LogP contribution in [0.2, 0.25) is 98.2 Å². The van der Waals surface area contributed by atoms with Crippen molar-refractivity contribution in [2.75, 3.05) is 0 Å². The molecule has 0 aromatic heterocycles. The third-order valence-electron chi connectivity index (χ3n) is 13.7. The molecule has 4 saturated carbocycles. The van der Waals surface area contributed by atoms with Gasteiger partial charge >= 0.3 is 0 Å². The standard InChI is InChI=1S/C42H88O5Si5/c1-30(21-24-37(45-50(12,13)14)40(2,3)47-52(18,19)20)33-22-23-34-39-35(29-38(42(33,34)5)46-51(15,16)17)41(4)26-25-32(43-48(6,7)8)27-31(41)28-36(39)44-49(9,10)11/h30-39H,21-29H2,1-20H3/t30?,31-,32-,33-,34+,35+,36-,37-,38+,39+,41+,42-/m1/s1. The van der Waals surface area contributed by atoms with Crippen molar-refractivity contribution >= 4 is 41.6 Å². The second kappa shape index (κ2) is 15.6. The van der Waals surface area contributed by atoms with E-state index < -0.39 is 41.6 Å². The van der Waals surface area contributed by atoms with Crippen molar-refractivity contribution in [3.05, 3.63) is 0 Å². The molecule has 1 unspecified atom stereocenters. The second-order valence-electron chi connectivity index (χ2n) is 24.2. The third-order valence-corrected chi connectivity index (χ3v) is 18.9. The lowest BCUT2D eigenvalue weighted by molar-refractivity contribution is -0.199. The van der Waals surface area contributed by atoms with E-state index in [9.17, 15) is 0 Å². The minimum Gasteiger partial charge on any atom is -0.415 e. The molecule has 4 rings (SSSR count). The van der Waals surface area contributed by atoms with Crippen LogP contribution in [-0.4, -0.2) is 71.6 Å². The topological polar surface area (TPSA) is 46.2 Å². The highest BCUT2D eigenvalue weighted by Crippen LogP contribution is 2.70. The summed E-state index contributed by atoms with van der Waals surface area (Å²) in [6.45, 7) is 48.3. The lowest BCUT2D eigenvalue weighted by Gasteiger charge is -2.66. The average Bonchev–Trinajstić information content (AvgIpc) is 3.26. The molecule has 0 heterocycles. The van der Waals surface area contributed by atoms with Crippen molar-refractivity contribution in [1.82, 2.24) is 0 Å². The highest BCUT2D eigenvalue weighted by atomic mass is 28.4. The second-order valence-corrected chi connectivity index (χ2v) is 46.5. The first kappa shape index (κ1) is 45.6. The predicted molar refractivity (Wildman–Crippen MR) is 236 cm³/mol. The molecule has 0 aromatic rings. The van der Waals surface area contributed by atoms with Crippen molar-refractivity contribution in [1.29, 1.82) is 0 Å². The summed E-state index contributed by atoms with van der Waals surface area (Å²) in [5.41, 5.74) is 0.199. The predicted octanol–water partition coefficient (Wildman–Crippen LogP) is 12.8. The third kappa shape index (κ3) is 11.1. The molecule has 0 spiro atoms. The zero-order valence-electron chi connectivity index (χ0n) is 38.2. The monoisotopic (exact) mass is 813 g/mol. The molecule has 306 valence electrons. The first-order valence-corrected chi connectivity index (χ1v) is 38.7. The Kier molecular flexibility index (Phi) is 13.7. The molecule has 12 atom stereocenters. The van der Waals surface area contributed by atoms with Gasteiger partial charge in [0.15, 0.2) is 41.6 Å². The van der Waals surface area contributed by atoms with Gasteiger partial charge in [-0.25, -0.2) is 0 Å². The summed E-state index contributed by atoms with van der Waals surface area (Å²) in [5.74, 6) is 3.85. The van der Waals surface area contributed by atoms with Gasteiger partial charge in [0, 0.05) is 12.2 Å². The molecule has 0 N–H and O–H groups in total. The normalized spacial score (nSPS) is 37.6. The average molecular weight is 814 g/mol. The number of hydrogen-bond acceptors (Lipinski definition) is 5. The smallest absolute Gasteiger partial charge is 0.184 e. The quantitative estimate of drug-likeness (QED) is 0.154. The summed E-state index contributed by atoms with van der Waals surface area (Å²) < 4.78 is 35.7. The minimum absolute atomic E-state index is 0.118. The van der Waals surface area contributed by atoms with Gasteiger partial charge in [0.05, 0.1) is 17.8 Å². The largest absolute Gasteiger partial charge is 0.415 e. The maximum atomic E-state index is 7.53. The van der Waals surface area contributed by atoms with E-state index in [0.29, 0.717) is 59.2 Å². The summed E-state index contributed by atoms with van der Waals surface area (Å²) in [5, 5.41) is 0. The van der Waals surface area contributed by atoms with Gasteiger partial charge in [0.2, 0.25) is 0 Å². The van der Waals surface area contributed by atoms with E-state index in [1.54, 1.807) is 0 Å². The van der Waals surface area contributed by atoms with Crippen molar-refractivity contribution in [3.8, 4) is 0 Å². The molecule has 10 heteroatoms. The Labute approximate surface area is 329 Å². The van der Waals surface area contributed by atoms with E-state index in [-0.39, 0.29) is 17.1 Å². The van der Waals surface area contributed by atoms with Crippen LogP contribution in [0.1, 0.15) is 92.4 Å². The molecule has 5 nitrogen and oxygen atoms in total. The summed E-state index contributed by atoms with van der Waals surface area (Å²) >= 11 is 0. The molecule has 4 fully saturated rings. The zero-order valence-corrected chi connectivity index (χ0v) is 43.2. The zero-order chi connectivity index (χ0) is 39.7. The van der Waals surface area contributed by atoms with Gasteiger partial charge in [-0.1, -0.05) is 20.8 Å². The van der Waals surface area contributed by atoms with Gasteiger partial charge in [0.25, 0.3) is 0 Å². The van der Waals surface area contributed by atoms with Crippen LogP contribution in [0.5, 0.6) is 0 Å². The van der Waals surface area contributed by atoms with Gasteiger partial charge < -0.3 is 22.1 Å². The van der Waals surface area contributed by atoms with Crippen molar-refractivity contribution in [2.24, 2.45) is 46.3 Å². The molecule has 4 aliphatic rings. The van der Waals surface area contributed by atoms with Crippen LogP contribution in [-0.2, 0) is 22.1 Å². The molecule has 0 bridgehead atoms. The van der Waals surface area contributed by atoms with Gasteiger partial charge in [-0.3, -0.25) is 0 Å². The Hall–Kier alpha value is 0.884. The van der Waals surface area contributed by atoms with Crippen LogP contribution in [0.3, 0.4) is 0 Å². The van der Waals surface area contributed by atoms with Gasteiger partial charge in [-0.05, 0) is 216 Å². The first-order valence-electron chi connectivity index (χ1n) is 21.7. The summed E-state index contributed by atoms with van der Waals surface area (Å²) in [4.78, 5) is 0. The fourth-order valence-electron chi connectivity index (χ4n) is 12.3. The van der Waals surface area contributed by atoms with Crippen LogP contribution in [0.15, 0.2) is 0 Å². The summed E-state index contributed by atoms with van der Waals surface area (Å²) in [6.07, 6.45) is 12.3. The van der Waals surface area contributed by atoms with E-state index in [0.717, 1.165) is 6.42 Å². The number of fused-ring (bicyclic) bond motifs is 5. The van der Waals surface area contributed by atoms with Gasteiger partial charge in [0.1, 0.15) is 0 Å². The minimum atomic E-state index is -1.81. The lowest BCUT2D eigenvalue weighted by Crippen LogP contribution is -2.64. The summed E-state index contributed by atoms with van der Waals surface area (Å²) in [7, 11) is -8.69. The van der Waals surface area contributed by atoms with Crippen LogP contribution in [0, 0.1) is 46.3 Å². The van der Waals surface area contributed by atoms with Crippen LogP contribution >= 0.6 is 0 Å². The maximum absolute atomic E-state index is 7.53. The SMILES string of the molecule is CC(CC[C@@H](O[Si](C)(C)C)C(C)(C)O[Si](C)(C)C)[C@H]1CC[C@H]2[C@@H]3[C@H](O[Si](C)(C)C)C[C@H]4C[C@H](O[Si](C)(C)C)CC[C@]4(C)[C@H]3C[C@H](O[Si](C)(C)C)[C@]12C. The van der Waals surface area contributed by atoms with Crippen LogP contribution in [0.25, 0.3) is 0 Å². The molecular weight excluding hydrogens is 725 g/mol. The Morgan fingerprint density at radius 3 is 1.73 bits per heavy atom. The maximum Gasteiger partial charge on any atom is 0.184 e. The fourth-order valence-corrected chi connectivity index (χ4v) is 18.8. The number of rotatable bonds is 15. The van der Waals surface area contributed by atoms with Crippen molar-refractivity contribution < 1.29 is 22.1 Å². The van der Waals surface area contributed by atoms with Gasteiger partial charge in [-0.2, -0.15) is 0 Å². The van der Waals surface area contributed by atoms with Crippen molar-refractivity contribution in [3.63, 3.8) is 0 Å². The van der Waals surface area contributed by atoms with E-state index in [1.807, 2.05) is 0 Å². The molecular formula is C42H88O5Si5. The van der Waals surface area contributed by atoms with Gasteiger partial charge in [-0.15, -0.1) is 0 Å². The summed E-state index contributed by atoms with van der Waals surface area (Å²) in [6, 6.07) is 0. The van der Waals surface area contributed by atoms with E-state index in [2.05, 4.69) is 133 Å². The van der Waals surface area contributed by atoms with E-state index in [1.165, 1.54) is 51.4 Å². The molecule has 52 heavy (non-hydrogen) atoms. The molecule has 4 aliphatic carbocycles. The lowest BCUT2D eigenvalue weighted by atomic mass is 9.43. The first-order chi connectivity index (χ1) is 23.2. The highest BCUT2D eigenvalue weighted by Gasteiger charge is 2.67. The Morgan fingerprint density at radius 1 is 0.635 bits per heavy atom. The highest BCUT2D eigenvalue weighted by molar-refractivity contribution is 6.71. The Morgan fingerprint density at radius 2 is 1.21 bits per heavy atom. The molecule has 0 saturated heterocycles. The van der Waals surface area contributed by atoms with Crippen LogP contribution < -0.4 is 0 Å². The molecule has 0 aromatic carbocycles. The molecule has 0 aliphatic heterocycles. The van der Waals surface area contributed by atoms with E-state index >= 15 is 0 Å². The Bertz CT molecular complexity index is 1200. The fraction of sp³-hybridized carbons (Fsp3) is 1.00. The van der Waals surface area contributed by atoms with Crippen LogP contribution in [0.4, 0.5) is 0 Å². The number of hydrogen-bond donors (Lipinski definition) is 0. The molecule has 0 amide bonds. The van der Waals surface area contributed by atoms with E-state index in [4.69, 9.17) is 22.1 Å². The Balaban J connectivity index is 1.69. The van der Waals surface area contributed by atoms with Crippen molar-refractivity contribution in [2.45, 2.75) is 221 Å².